The number of rotatable bonds is 3. The predicted molar refractivity (Wildman–Crippen MR) is 81.2 cm³/mol. The lowest BCUT2D eigenvalue weighted by Crippen LogP contribution is -2.49. The number of aliphatic hydroxyl groups is 1. The minimum Gasteiger partial charge on any atom is -0.387 e. The quantitative estimate of drug-likeness (QED) is 0.883. The normalized spacial score (nSPS) is 23.8. The van der Waals surface area contributed by atoms with Gasteiger partial charge in [-0.25, -0.2) is 9.67 Å². The number of aromatic nitrogens is 4. The number of carbonyl (C=O) groups is 1. The minimum atomic E-state index is -0.864. The molecule has 2 aromatic rings. The van der Waals surface area contributed by atoms with Gasteiger partial charge in [0.2, 0.25) is 0 Å². The Bertz CT molecular complexity index is 724. The van der Waals surface area contributed by atoms with Crippen LogP contribution in [0, 0.1) is 5.41 Å². The smallest absolute Gasteiger partial charge is 0.253 e. The summed E-state index contributed by atoms with van der Waals surface area (Å²) >= 11 is 0. The molecule has 22 heavy (non-hydrogen) atoms. The highest BCUT2D eigenvalue weighted by Crippen LogP contribution is 2.45. The molecule has 0 radical (unpaired) electrons. The number of hydrogen-bond donors (Lipinski definition) is 2. The van der Waals surface area contributed by atoms with Crippen LogP contribution in [-0.4, -0.2) is 43.1 Å². The third kappa shape index (κ3) is 2.25. The predicted octanol–water partition coefficient (Wildman–Crippen LogP) is 1.03. The van der Waals surface area contributed by atoms with Gasteiger partial charge in [-0.3, -0.25) is 4.79 Å². The van der Waals surface area contributed by atoms with Crippen molar-refractivity contribution in [3.05, 3.63) is 17.8 Å². The number of hydrogen-bond acceptors (Lipinski definition) is 5. The molecule has 2 aromatic heterocycles. The Hall–Kier alpha value is -2.02. The SMILES string of the molecule is Cn1nnc2c(C(=O)NC[C@]3(O)CCCC3(C)C)ccnc21. The Morgan fingerprint density at radius 2 is 2.23 bits per heavy atom. The Kier molecular flexibility index (Phi) is 3.40. The average molecular weight is 303 g/mol. The summed E-state index contributed by atoms with van der Waals surface area (Å²) in [6, 6.07) is 1.62. The van der Waals surface area contributed by atoms with Crippen molar-refractivity contribution in [1.29, 1.82) is 0 Å². The van der Waals surface area contributed by atoms with Crippen molar-refractivity contribution in [3.8, 4) is 0 Å². The van der Waals surface area contributed by atoms with E-state index in [-0.39, 0.29) is 17.9 Å². The number of fused-ring (bicyclic) bond motifs is 1. The molecule has 118 valence electrons. The molecule has 1 fully saturated rings. The highest BCUT2D eigenvalue weighted by molar-refractivity contribution is 6.03. The molecular weight excluding hydrogens is 282 g/mol. The highest BCUT2D eigenvalue weighted by atomic mass is 16.3. The van der Waals surface area contributed by atoms with Gasteiger partial charge in [0.15, 0.2) is 5.65 Å². The van der Waals surface area contributed by atoms with E-state index in [1.807, 2.05) is 13.8 Å². The number of nitrogens with one attached hydrogen (secondary N) is 1. The van der Waals surface area contributed by atoms with Gasteiger partial charge in [-0.2, -0.15) is 0 Å². The first kappa shape index (κ1) is 14.9. The fourth-order valence-corrected chi connectivity index (χ4v) is 3.16. The largest absolute Gasteiger partial charge is 0.387 e. The monoisotopic (exact) mass is 303 g/mol. The first-order valence-electron chi connectivity index (χ1n) is 7.49. The van der Waals surface area contributed by atoms with Crippen molar-refractivity contribution >= 4 is 17.1 Å². The molecule has 0 unspecified atom stereocenters. The van der Waals surface area contributed by atoms with Crippen LogP contribution in [0.25, 0.3) is 11.2 Å². The molecule has 0 aliphatic heterocycles. The van der Waals surface area contributed by atoms with E-state index in [9.17, 15) is 9.90 Å². The second kappa shape index (κ2) is 5.01. The topological polar surface area (TPSA) is 92.9 Å². The Labute approximate surface area is 128 Å². The van der Waals surface area contributed by atoms with Gasteiger partial charge in [0.1, 0.15) is 5.52 Å². The van der Waals surface area contributed by atoms with Crippen molar-refractivity contribution in [1.82, 2.24) is 25.3 Å². The van der Waals surface area contributed by atoms with Crippen LogP contribution in [0.1, 0.15) is 43.5 Å². The fraction of sp³-hybridized carbons (Fsp3) is 0.600. The molecule has 2 N–H and O–H groups in total. The summed E-state index contributed by atoms with van der Waals surface area (Å²) in [7, 11) is 1.73. The maximum Gasteiger partial charge on any atom is 0.253 e. The van der Waals surface area contributed by atoms with Gasteiger partial charge in [0, 0.05) is 19.8 Å². The summed E-state index contributed by atoms with van der Waals surface area (Å²) in [6.07, 6.45) is 4.21. The van der Waals surface area contributed by atoms with Crippen molar-refractivity contribution in [2.24, 2.45) is 12.5 Å². The molecule has 1 atom stereocenters. The molecule has 7 heteroatoms. The first-order chi connectivity index (χ1) is 10.3. The molecular formula is C15H21N5O2. The number of amides is 1. The third-order valence-corrected chi connectivity index (χ3v) is 4.93. The van der Waals surface area contributed by atoms with Gasteiger partial charge >= 0.3 is 0 Å². The maximum absolute atomic E-state index is 12.5. The van der Waals surface area contributed by atoms with Crippen molar-refractivity contribution in [3.63, 3.8) is 0 Å². The van der Waals surface area contributed by atoms with E-state index in [1.165, 1.54) is 4.68 Å². The van der Waals surface area contributed by atoms with Crippen LogP contribution in [-0.2, 0) is 7.05 Å². The molecule has 2 heterocycles. The lowest BCUT2D eigenvalue weighted by atomic mass is 9.78. The van der Waals surface area contributed by atoms with E-state index in [0.717, 1.165) is 12.8 Å². The van der Waals surface area contributed by atoms with Crippen molar-refractivity contribution in [2.45, 2.75) is 38.7 Å². The fourth-order valence-electron chi connectivity index (χ4n) is 3.16. The Morgan fingerprint density at radius 1 is 1.45 bits per heavy atom. The van der Waals surface area contributed by atoms with E-state index >= 15 is 0 Å². The zero-order chi connectivity index (χ0) is 16.0. The summed E-state index contributed by atoms with van der Waals surface area (Å²) in [5.74, 6) is -0.260. The van der Waals surface area contributed by atoms with Gasteiger partial charge < -0.3 is 10.4 Å². The average Bonchev–Trinajstić information content (AvgIpc) is 2.98. The van der Waals surface area contributed by atoms with E-state index in [2.05, 4.69) is 20.6 Å². The van der Waals surface area contributed by atoms with Gasteiger partial charge in [-0.15, -0.1) is 5.10 Å². The lowest BCUT2D eigenvalue weighted by molar-refractivity contribution is -0.0394. The van der Waals surface area contributed by atoms with Crippen LogP contribution in [0.3, 0.4) is 0 Å². The number of nitrogens with zero attached hydrogens (tertiary/aromatic N) is 4. The van der Waals surface area contributed by atoms with E-state index < -0.39 is 5.60 Å². The molecule has 0 aromatic carbocycles. The van der Waals surface area contributed by atoms with Crippen molar-refractivity contribution < 1.29 is 9.90 Å². The lowest BCUT2D eigenvalue weighted by Gasteiger charge is -2.36. The second-order valence-electron chi connectivity index (χ2n) is 6.70. The summed E-state index contributed by atoms with van der Waals surface area (Å²) in [4.78, 5) is 16.6. The number of pyridine rings is 1. The second-order valence-corrected chi connectivity index (χ2v) is 6.70. The molecule has 7 nitrogen and oxygen atoms in total. The van der Waals surface area contributed by atoms with Gasteiger partial charge in [0.05, 0.1) is 11.2 Å². The number of carbonyl (C=O) groups excluding carboxylic acids is 1. The van der Waals surface area contributed by atoms with Gasteiger partial charge in [0.25, 0.3) is 5.91 Å². The first-order valence-corrected chi connectivity index (χ1v) is 7.49. The van der Waals surface area contributed by atoms with Gasteiger partial charge in [-0.05, 0) is 30.7 Å². The molecule has 1 aliphatic carbocycles. The van der Waals surface area contributed by atoms with E-state index in [0.29, 0.717) is 23.1 Å². The summed E-state index contributed by atoms with van der Waals surface area (Å²) < 4.78 is 1.53. The minimum absolute atomic E-state index is 0.194. The molecule has 1 amide bonds. The van der Waals surface area contributed by atoms with Crippen LogP contribution in [0.15, 0.2) is 12.3 Å². The molecule has 0 spiro atoms. The van der Waals surface area contributed by atoms with E-state index in [4.69, 9.17) is 0 Å². The summed E-state index contributed by atoms with van der Waals surface area (Å²) in [5.41, 5.74) is 0.405. The molecule has 3 rings (SSSR count). The van der Waals surface area contributed by atoms with Crippen LogP contribution in [0.4, 0.5) is 0 Å². The van der Waals surface area contributed by atoms with Crippen LogP contribution in [0.2, 0.25) is 0 Å². The molecule has 1 saturated carbocycles. The van der Waals surface area contributed by atoms with E-state index in [1.54, 1.807) is 19.3 Å². The Morgan fingerprint density at radius 3 is 2.91 bits per heavy atom. The van der Waals surface area contributed by atoms with Crippen LogP contribution >= 0.6 is 0 Å². The van der Waals surface area contributed by atoms with Crippen molar-refractivity contribution in [2.75, 3.05) is 6.54 Å². The standard InChI is InChI=1S/C15H21N5O2/c1-14(2)6-4-7-15(14,22)9-17-13(21)10-5-8-16-12-11(10)18-19-20(12)3/h5,8,22H,4,6-7,9H2,1-3H3,(H,17,21)/t15-/m1/s1. The third-order valence-electron chi connectivity index (χ3n) is 4.93. The zero-order valence-corrected chi connectivity index (χ0v) is 13.1. The van der Waals surface area contributed by atoms with Crippen LogP contribution < -0.4 is 5.32 Å². The van der Waals surface area contributed by atoms with Crippen LogP contribution in [0.5, 0.6) is 0 Å². The zero-order valence-electron chi connectivity index (χ0n) is 13.1. The Balaban J connectivity index is 1.80. The van der Waals surface area contributed by atoms with Gasteiger partial charge in [-0.1, -0.05) is 19.1 Å². The highest BCUT2D eigenvalue weighted by Gasteiger charge is 2.47. The summed E-state index contributed by atoms with van der Waals surface area (Å²) in [5, 5.41) is 21.5. The molecule has 1 aliphatic rings. The summed E-state index contributed by atoms with van der Waals surface area (Å²) in [6.45, 7) is 4.32. The number of aryl methyl sites for hydroxylation is 1. The maximum atomic E-state index is 12.5. The molecule has 0 saturated heterocycles. The molecule has 0 bridgehead atoms.